The first-order chi connectivity index (χ1) is 9.06. The molecule has 0 aliphatic carbocycles. The summed E-state index contributed by atoms with van der Waals surface area (Å²) in [5.74, 6) is 0.933. The summed E-state index contributed by atoms with van der Waals surface area (Å²) in [5.41, 5.74) is 0.676. The second kappa shape index (κ2) is 6.30. The molecule has 1 N–H and O–H groups in total. The first-order valence-corrected chi connectivity index (χ1v) is 6.99. The van der Waals surface area contributed by atoms with Crippen molar-refractivity contribution >= 4 is 15.9 Å². The number of rotatable bonds is 5. The fourth-order valence-electron chi connectivity index (χ4n) is 1.70. The maximum Gasteiger partial charge on any atom is 0.196 e. The zero-order valence-corrected chi connectivity index (χ0v) is 12.5. The molecule has 0 fully saturated rings. The fourth-order valence-corrected chi connectivity index (χ4v) is 2.15. The molecule has 1 aromatic carbocycles. The third-order valence-corrected chi connectivity index (χ3v) is 3.33. The van der Waals surface area contributed by atoms with Crippen molar-refractivity contribution in [3.8, 4) is 11.3 Å². The average molecular weight is 327 g/mol. The van der Waals surface area contributed by atoms with Gasteiger partial charge in [0.2, 0.25) is 0 Å². The van der Waals surface area contributed by atoms with Crippen molar-refractivity contribution in [3.05, 3.63) is 40.6 Å². The van der Waals surface area contributed by atoms with E-state index in [1.54, 1.807) is 12.3 Å². The zero-order valence-electron chi connectivity index (χ0n) is 10.9. The van der Waals surface area contributed by atoms with Crippen LogP contribution >= 0.6 is 15.9 Å². The quantitative estimate of drug-likeness (QED) is 0.908. The van der Waals surface area contributed by atoms with Crippen LogP contribution in [0, 0.1) is 5.82 Å². The molecule has 0 bridgehead atoms. The van der Waals surface area contributed by atoms with Crippen LogP contribution in [0.3, 0.4) is 0 Å². The molecule has 102 valence electrons. The van der Waals surface area contributed by atoms with Crippen LogP contribution in [0.4, 0.5) is 4.39 Å². The van der Waals surface area contributed by atoms with E-state index in [-0.39, 0.29) is 5.82 Å². The number of hydrogen-bond acceptors (Lipinski definition) is 3. The van der Waals surface area contributed by atoms with Crippen LogP contribution < -0.4 is 5.32 Å². The molecule has 0 aliphatic rings. The Labute approximate surface area is 120 Å². The predicted molar refractivity (Wildman–Crippen MR) is 76.4 cm³/mol. The van der Waals surface area contributed by atoms with Crippen LogP contribution in [0.1, 0.15) is 19.7 Å². The number of hydrogen-bond donors (Lipinski definition) is 1. The minimum absolute atomic E-state index is 0.294. The Kier molecular flexibility index (Phi) is 4.71. The molecule has 0 saturated heterocycles. The summed E-state index contributed by atoms with van der Waals surface area (Å²) in [6.07, 6.45) is 2.34. The smallest absolute Gasteiger partial charge is 0.196 e. The van der Waals surface area contributed by atoms with Gasteiger partial charge in [-0.3, -0.25) is 0 Å². The molecule has 2 aromatic rings. The van der Waals surface area contributed by atoms with Crippen molar-refractivity contribution in [3.63, 3.8) is 0 Å². The van der Waals surface area contributed by atoms with E-state index in [2.05, 4.69) is 40.1 Å². The maximum atomic E-state index is 13.2. The molecular formula is C14H16BrFN2O. The Bertz CT molecular complexity index is 554. The van der Waals surface area contributed by atoms with Gasteiger partial charge >= 0.3 is 0 Å². The Morgan fingerprint density at radius 3 is 2.95 bits per heavy atom. The highest BCUT2D eigenvalue weighted by Gasteiger charge is 2.10. The number of nitrogens with one attached hydrogen (secondary N) is 1. The summed E-state index contributed by atoms with van der Waals surface area (Å²) in [4.78, 5) is 4.21. The van der Waals surface area contributed by atoms with Gasteiger partial charge in [-0.15, -0.1) is 0 Å². The van der Waals surface area contributed by atoms with Crippen LogP contribution in [0.2, 0.25) is 0 Å². The lowest BCUT2D eigenvalue weighted by molar-refractivity contribution is 0.484. The molecule has 0 amide bonds. The van der Waals surface area contributed by atoms with E-state index in [0.717, 1.165) is 11.0 Å². The normalized spacial score (nSPS) is 11.2. The van der Waals surface area contributed by atoms with E-state index in [4.69, 9.17) is 4.42 Å². The van der Waals surface area contributed by atoms with E-state index in [1.807, 2.05) is 0 Å². The van der Waals surface area contributed by atoms with Gasteiger partial charge in [0.05, 0.1) is 6.20 Å². The number of benzene rings is 1. The highest BCUT2D eigenvalue weighted by Crippen LogP contribution is 2.29. The number of nitrogens with zero attached hydrogens (tertiary/aromatic N) is 1. The van der Waals surface area contributed by atoms with E-state index >= 15 is 0 Å². The Morgan fingerprint density at radius 1 is 1.42 bits per heavy atom. The molecule has 19 heavy (non-hydrogen) atoms. The van der Waals surface area contributed by atoms with Gasteiger partial charge in [0, 0.05) is 29.0 Å². The molecule has 0 spiro atoms. The largest absolute Gasteiger partial charge is 0.441 e. The van der Waals surface area contributed by atoms with Gasteiger partial charge in [0.25, 0.3) is 0 Å². The third-order valence-electron chi connectivity index (χ3n) is 2.64. The second-order valence-corrected chi connectivity index (χ2v) is 5.46. The summed E-state index contributed by atoms with van der Waals surface area (Å²) < 4.78 is 19.7. The zero-order chi connectivity index (χ0) is 13.8. The monoisotopic (exact) mass is 326 g/mol. The van der Waals surface area contributed by atoms with Crippen LogP contribution in [0.15, 0.2) is 33.3 Å². The van der Waals surface area contributed by atoms with E-state index in [0.29, 0.717) is 29.7 Å². The van der Waals surface area contributed by atoms with Gasteiger partial charge in [0.1, 0.15) is 5.82 Å². The lowest BCUT2D eigenvalue weighted by Gasteiger charge is -2.05. The van der Waals surface area contributed by atoms with Gasteiger partial charge in [-0.2, -0.15) is 0 Å². The summed E-state index contributed by atoms with van der Waals surface area (Å²) in [7, 11) is 0. The minimum Gasteiger partial charge on any atom is -0.441 e. The van der Waals surface area contributed by atoms with Gasteiger partial charge < -0.3 is 9.73 Å². The standard InChI is InChI=1S/C14H16BrFN2O/c1-9(2)17-6-5-14-18-8-13(19-14)11-7-10(16)3-4-12(11)15/h3-4,7-9,17H,5-6H2,1-2H3. The SMILES string of the molecule is CC(C)NCCc1ncc(-c2cc(F)ccc2Br)o1. The van der Waals surface area contributed by atoms with Crippen molar-refractivity contribution in [1.82, 2.24) is 10.3 Å². The predicted octanol–water partition coefficient (Wildman–Crippen LogP) is 3.78. The van der Waals surface area contributed by atoms with Crippen molar-refractivity contribution in [2.45, 2.75) is 26.3 Å². The molecule has 1 aromatic heterocycles. The van der Waals surface area contributed by atoms with E-state index in [9.17, 15) is 4.39 Å². The lowest BCUT2D eigenvalue weighted by Crippen LogP contribution is -2.24. The highest BCUT2D eigenvalue weighted by atomic mass is 79.9. The molecule has 0 saturated carbocycles. The van der Waals surface area contributed by atoms with Crippen molar-refractivity contribution in [1.29, 1.82) is 0 Å². The Balaban J connectivity index is 2.10. The van der Waals surface area contributed by atoms with Crippen molar-refractivity contribution < 1.29 is 8.81 Å². The molecule has 0 aliphatic heterocycles. The summed E-state index contributed by atoms with van der Waals surface area (Å²) in [6.45, 7) is 4.98. The number of aromatic nitrogens is 1. The van der Waals surface area contributed by atoms with Crippen LogP contribution in [0.25, 0.3) is 11.3 Å². The molecule has 5 heteroatoms. The van der Waals surface area contributed by atoms with Gasteiger partial charge in [-0.1, -0.05) is 29.8 Å². The van der Waals surface area contributed by atoms with E-state index in [1.165, 1.54) is 12.1 Å². The molecule has 0 unspecified atom stereocenters. The van der Waals surface area contributed by atoms with Crippen LogP contribution in [-0.4, -0.2) is 17.6 Å². The van der Waals surface area contributed by atoms with Crippen molar-refractivity contribution in [2.24, 2.45) is 0 Å². The summed E-state index contributed by atoms with van der Waals surface area (Å²) in [5, 5.41) is 3.29. The summed E-state index contributed by atoms with van der Waals surface area (Å²) in [6, 6.07) is 4.93. The van der Waals surface area contributed by atoms with Crippen molar-refractivity contribution in [2.75, 3.05) is 6.54 Å². The molecule has 0 atom stereocenters. The van der Waals surface area contributed by atoms with Gasteiger partial charge in [-0.25, -0.2) is 9.37 Å². The first-order valence-electron chi connectivity index (χ1n) is 6.20. The Hall–Kier alpha value is -1.20. The maximum absolute atomic E-state index is 13.2. The Morgan fingerprint density at radius 2 is 2.21 bits per heavy atom. The molecule has 1 heterocycles. The topological polar surface area (TPSA) is 38.1 Å². The third kappa shape index (κ3) is 3.88. The van der Waals surface area contributed by atoms with Gasteiger partial charge in [0.15, 0.2) is 11.7 Å². The molecule has 3 nitrogen and oxygen atoms in total. The van der Waals surface area contributed by atoms with Crippen LogP contribution in [-0.2, 0) is 6.42 Å². The number of oxazole rings is 1. The molecular weight excluding hydrogens is 311 g/mol. The molecule has 0 radical (unpaired) electrons. The average Bonchev–Trinajstić information content (AvgIpc) is 2.80. The minimum atomic E-state index is -0.294. The summed E-state index contributed by atoms with van der Waals surface area (Å²) >= 11 is 3.38. The van der Waals surface area contributed by atoms with Gasteiger partial charge in [-0.05, 0) is 18.2 Å². The highest BCUT2D eigenvalue weighted by molar-refractivity contribution is 9.10. The molecule has 2 rings (SSSR count). The number of halogens is 2. The fraction of sp³-hybridized carbons (Fsp3) is 0.357. The second-order valence-electron chi connectivity index (χ2n) is 4.60. The lowest BCUT2D eigenvalue weighted by atomic mass is 10.2. The van der Waals surface area contributed by atoms with E-state index < -0.39 is 0 Å². The first kappa shape index (κ1) is 14.2. The van der Waals surface area contributed by atoms with Crippen LogP contribution in [0.5, 0.6) is 0 Å².